The number of hydrogen-bond donors (Lipinski definition) is 0. The third-order valence-electron chi connectivity index (χ3n) is 1.96. The minimum absolute atomic E-state index is 0.994. The zero-order valence-electron chi connectivity index (χ0n) is 8.03. The summed E-state index contributed by atoms with van der Waals surface area (Å²) in [6, 6.07) is 10.2. The van der Waals surface area contributed by atoms with E-state index >= 15 is 0 Å². The van der Waals surface area contributed by atoms with Gasteiger partial charge in [-0.1, -0.05) is 36.9 Å². The van der Waals surface area contributed by atoms with Crippen LogP contribution in [0, 0.1) is 0 Å². The first-order valence-electron chi connectivity index (χ1n) is 4.44. The highest BCUT2D eigenvalue weighted by atomic mass is 32.1. The van der Waals surface area contributed by atoms with Gasteiger partial charge in [-0.25, -0.2) is 4.98 Å². The van der Waals surface area contributed by atoms with E-state index in [0.29, 0.717) is 0 Å². The zero-order chi connectivity index (χ0) is 9.97. The van der Waals surface area contributed by atoms with Gasteiger partial charge >= 0.3 is 0 Å². The van der Waals surface area contributed by atoms with Crippen LogP contribution in [0.3, 0.4) is 0 Å². The first kappa shape index (κ1) is 9.16. The number of benzene rings is 1. The van der Waals surface area contributed by atoms with E-state index in [4.69, 9.17) is 0 Å². The van der Waals surface area contributed by atoms with Crippen LogP contribution < -0.4 is 0 Å². The van der Waals surface area contributed by atoms with Crippen molar-refractivity contribution in [1.82, 2.24) is 4.98 Å². The Morgan fingerprint density at radius 1 is 1.29 bits per heavy atom. The standard InChI is InChI=1S/C12H11NS/c1-9(2)11-8-14-12(13-11)10-6-4-3-5-7-10/h3-8H,1H2,2H3. The Bertz CT molecular complexity index is 442. The molecule has 2 aromatic rings. The molecule has 14 heavy (non-hydrogen) atoms. The summed E-state index contributed by atoms with van der Waals surface area (Å²) in [7, 11) is 0. The second kappa shape index (κ2) is 3.76. The number of hydrogen-bond acceptors (Lipinski definition) is 2. The van der Waals surface area contributed by atoms with Crippen LogP contribution in [-0.4, -0.2) is 4.98 Å². The molecule has 0 N–H and O–H groups in total. The number of thiazole rings is 1. The second-order valence-electron chi connectivity index (χ2n) is 3.18. The van der Waals surface area contributed by atoms with Crippen LogP contribution >= 0.6 is 11.3 Å². The lowest BCUT2D eigenvalue weighted by Gasteiger charge is -1.93. The number of rotatable bonds is 2. The van der Waals surface area contributed by atoms with E-state index in [1.807, 2.05) is 30.5 Å². The second-order valence-corrected chi connectivity index (χ2v) is 4.04. The minimum atomic E-state index is 0.994. The van der Waals surface area contributed by atoms with Crippen LogP contribution in [-0.2, 0) is 0 Å². The predicted molar refractivity (Wildman–Crippen MR) is 62.3 cm³/mol. The van der Waals surface area contributed by atoms with E-state index < -0.39 is 0 Å². The van der Waals surface area contributed by atoms with E-state index in [1.54, 1.807) is 11.3 Å². The molecule has 0 bridgehead atoms. The highest BCUT2D eigenvalue weighted by molar-refractivity contribution is 7.13. The van der Waals surface area contributed by atoms with Crippen LogP contribution in [0.2, 0.25) is 0 Å². The van der Waals surface area contributed by atoms with Crippen molar-refractivity contribution in [3.8, 4) is 10.6 Å². The average Bonchev–Trinajstić information content (AvgIpc) is 2.68. The Morgan fingerprint density at radius 3 is 2.57 bits per heavy atom. The molecule has 0 saturated heterocycles. The van der Waals surface area contributed by atoms with Crippen molar-refractivity contribution in [3.05, 3.63) is 48.0 Å². The van der Waals surface area contributed by atoms with Crippen LogP contribution in [0.15, 0.2) is 42.3 Å². The molecule has 1 nitrogen and oxygen atoms in total. The van der Waals surface area contributed by atoms with Gasteiger partial charge in [-0.05, 0) is 12.5 Å². The molecule has 0 unspecified atom stereocenters. The molecule has 1 heterocycles. The Balaban J connectivity index is 2.39. The Kier molecular flexibility index (Phi) is 2.46. The van der Waals surface area contributed by atoms with Gasteiger partial charge in [0.1, 0.15) is 5.01 Å². The molecular weight excluding hydrogens is 190 g/mol. The normalized spacial score (nSPS) is 10.1. The number of aromatic nitrogens is 1. The maximum Gasteiger partial charge on any atom is 0.124 e. The summed E-state index contributed by atoms with van der Waals surface area (Å²) < 4.78 is 0. The van der Waals surface area contributed by atoms with Crippen molar-refractivity contribution in [1.29, 1.82) is 0 Å². The predicted octanol–water partition coefficient (Wildman–Crippen LogP) is 3.84. The largest absolute Gasteiger partial charge is 0.236 e. The van der Waals surface area contributed by atoms with Crippen molar-refractivity contribution in [2.45, 2.75) is 6.92 Å². The first-order chi connectivity index (χ1) is 6.77. The van der Waals surface area contributed by atoms with Crippen LogP contribution in [0.25, 0.3) is 16.1 Å². The SMILES string of the molecule is C=C(C)c1csc(-c2ccccc2)n1. The molecule has 0 amide bonds. The average molecular weight is 201 g/mol. The van der Waals surface area contributed by atoms with Gasteiger partial charge in [-0.2, -0.15) is 0 Å². The van der Waals surface area contributed by atoms with Crippen molar-refractivity contribution in [2.24, 2.45) is 0 Å². The van der Waals surface area contributed by atoms with Gasteiger partial charge in [0.25, 0.3) is 0 Å². The number of nitrogens with zero attached hydrogens (tertiary/aromatic N) is 1. The molecule has 70 valence electrons. The van der Waals surface area contributed by atoms with Gasteiger partial charge in [0.05, 0.1) is 5.69 Å². The molecule has 0 fully saturated rings. The molecule has 0 aliphatic carbocycles. The monoisotopic (exact) mass is 201 g/mol. The third kappa shape index (κ3) is 1.75. The van der Waals surface area contributed by atoms with Gasteiger partial charge in [0, 0.05) is 10.9 Å². The topological polar surface area (TPSA) is 12.9 Å². The van der Waals surface area contributed by atoms with Crippen molar-refractivity contribution in [3.63, 3.8) is 0 Å². The molecule has 0 saturated carbocycles. The first-order valence-corrected chi connectivity index (χ1v) is 5.32. The molecule has 2 rings (SSSR count). The highest BCUT2D eigenvalue weighted by Crippen LogP contribution is 2.25. The molecule has 1 aromatic heterocycles. The summed E-state index contributed by atoms with van der Waals surface area (Å²) in [6.07, 6.45) is 0. The Labute approximate surface area is 87.8 Å². The van der Waals surface area contributed by atoms with Gasteiger partial charge in [0.15, 0.2) is 0 Å². The molecule has 0 aliphatic rings. The van der Waals surface area contributed by atoms with E-state index in [9.17, 15) is 0 Å². The van der Waals surface area contributed by atoms with E-state index in [0.717, 1.165) is 16.3 Å². The summed E-state index contributed by atoms with van der Waals surface area (Å²) in [5, 5.41) is 3.11. The van der Waals surface area contributed by atoms with Gasteiger partial charge < -0.3 is 0 Å². The van der Waals surface area contributed by atoms with Gasteiger partial charge in [0.2, 0.25) is 0 Å². The van der Waals surface area contributed by atoms with Gasteiger partial charge in [-0.3, -0.25) is 0 Å². The number of allylic oxidation sites excluding steroid dienone is 1. The van der Waals surface area contributed by atoms with Crippen LogP contribution in [0.1, 0.15) is 12.6 Å². The van der Waals surface area contributed by atoms with E-state index in [1.165, 1.54) is 5.56 Å². The molecule has 1 aromatic carbocycles. The fourth-order valence-electron chi connectivity index (χ4n) is 1.18. The quantitative estimate of drug-likeness (QED) is 0.719. The molecular formula is C12H11NS. The maximum absolute atomic E-state index is 4.50. The van der Waals surface area contributed by atoms with Crippen LogP contribution in [0.5, 0.6) is 0 Å². The fraction of sp³-hybridized carbons (Fsp3) is 0.0833. The van der Waals surface area contributed by atoms with Crippen molar-refractivity contribution in [2.75, 3.05) is 0 Å². The Hall–Kier alpha value is -1.41. The summed E-state index contributed by atoms with van der Waals surface area (Å²) in [5.41, 5.74) is 3.18. The molecule has 0 atom stereocenters. The summed E-state index contributed by atoms with van der Waals surface area (Å²) in [4.78, 5) is 4.50. The lowest BCUT2D eigenvalue weighted by Crippen LogP contribution is -1.78. The molecule has 0 radical (unpaired) electrons. The molecule has 2 heteroatoms. The lowest BCUT2D eigenvalue weighted by molar-refractivity contribution is 1.35. The van der Waals surface area contributed by atoms with Gasteiger partial charge in [-0.15, -0.1) is 11.3 Å². The van der Waals surface area contributed by atoms with E-state index in [-0.39, 0.29) is 0 Å². The summed E-state index contributed by atoms with van der Waals surface area (Å²) in [5.74, 6) is 0. The smallest absolute Gasteiger partial charge is 0.124 e. The minimum Gasteiger partial charge on any atom is -0.236 e. The summed E-state index contributed by atoms with van der Waals surface area (Å²) in [6.45, 7) is 5.85. The van der Waals surface area contributed by atoms with E-state index in [2.05, 4.69) is 23.7 Å². The molecule has 0 aliphatic heterocycles. The van der Waals surface area contributed by atoms with Crippen LogP contribution in [0.4, 0.5) is 0 Å². The fourth-order valence-corrected chi connectivity index (χ4v) is 2.08. The maximum atomic E-state index is 4.50. The van der Waals surface area contributed by atoms with Crippen molar-refractivity contribution >= 4 is 16.9 Å². The third-order valence-corrected chi connectivity index (χ3v) is 2.85. The lowest BCUT2D eigenvalue weighted by atomic mass is 10.2. The van der Waals surface area contributed by atoms with Crippen molar-refractivity contribution < 1.29 is 0 Å². The molecule has 0 spiro atoms. The highest BCUT2D eigenvalue weighted by Gasteiger charge is 2.03. The Morgan fingerprint density at radius 2 is 2.00 bits per heavy atom. The summed E-state index contributed by atoms with van der Waals surface area (Å²) >= 11 is 1.66. The zero-order valence-corrected chi connectivity index (χ0v) is 8.84.